The zero-order valence-electron chi connectivity index (χ0n) is 3.69. The Labute approximate surface area is 67.6 Å². The van der Waals surface area contributed by atoms with Crippen LogP contribution in [-0.2, 0) is 4.79 Å². The van der Waals surface area contributed by atoms with Crippen molar-refractivity contribution in [3.05, 3.63) is 0 Å². The second kappa shape index (κ2) is 9.97. The van der Waals surface area contributed by atoms with E-state index in [0.717, 1.165) is 6.29 Å². The van der Waals surface area contributed by atoms with Crippen molar-refractivity contribution in [2.75, 3.05) is 0 Å². The third kappa shape index (κ3) is 19.8. The molecule has 1 atom stereocenters. The molecule has 0 bridgehead atoms. The van der Waals surface area contributed by atoms with E-state index in [0.29, 0.717) is 0 Å². The summed E-state index contributed by atoms with van der Waals surface area (Å²) in [4.78, 5) is 8.87. The van der Waals surface area contributed by atoms with Gasteiger partial charge in [0.25, 0.3) is 0 Å². The molecule has 5 heteroatoms. The average molecular weight is 135 g/mol. The van der Waals surface area contributed by atoms with Crippen LogP contribution < -0.4 is 29.6 Å². The maximum Gasteiger partial charge on any atom is 1.00 e. The summed E-state index contributed by atoms with van der Waals surface area (Å²) < 4.78 is 10.8. The summed E-state index contributed by atoms with van der Waals surface area (Å²) in [5.74, 6) is 0. The van der Waals surface area contributed by atoms with Crippen LogP contribution in [0.2, 0.25) is 0 Å². The van der Waals surface area contributed by atoms with Crippen molar-refractivity contribution in [3.63, 3.8) is 0 Å². The van der Waals surface area contributed by atoms with E-state index in [-0.39, 0.29) is 35.0 Å². The van der Waals surface area contributed by atoms with Gasteiger partial charge in [-0.25, -0.2) is 6.29 Å². The molecule has 2 nitrogen and oxygen atoms in total. The Balaban J connectivity index is -0.0000000800. The van der Waals surface area contributed by atoms with E-state index in [1.165, 1.54) is 0 Å². The number of hydrogen-bond acceptors (Lipinski definition) is 2. The van der Waals surface area contributed by atoms with Gasteiger partial charge in [0.1, 0.15) is 0 Å². The summed E-state index contributed by atoms with van der Waals surface area (Å²) in [6, 6.07) is 0. The maximum atomic E-state index is 10.8. The fourth-order valence-corrected chi connectivity index (χ4v) is 0. The van der Waals surface area contributed by atoms with Gasteiger partial charge in [-0.15, -0.1) is 11.6 Å². The smallest absolute Gasteiger partial charge is 0.870 e. The molecule has 0 heterocycles. The van der Waals surface area contributed by atoms with Gasteiger partial charge < -0.3 is 10.3 Å². The first-order valence-electron chi connectivity index (χ1n) is 0.929. The summed E-state index contributed by atoms with van der Waals surface area (Å²) in [6.07, 6.45) is 0.877. The van der Waals surface area contributed by atoms with Crippen molar-refractivity contribution in [3.8, 4) is 0 Å². The van der Waals surface area contributed by atoms with Crippen molar-refractivity contribution in [1.29, 1.82) is 0 Å². The molecule has 0 aromatic rings. The van der Waals surface area contributed by atoms with Gasteiger partial charge in [-0.05, 0) is 0 Å². The average Bonchev–Trinajstić information content (AvgIpc) is 1.38. The number of alkyl halides is 2. The Kier molecular flexibility index (Phi) is 22.3. The van der Waals surface area contributed by atoms with Crippen LogP contribution >= 0.6 is 11.6 Å². The van der Waals surface area contributed by atoms with Gasteiger partial charge in [-0.2, -0.15) is 0 Å². The van der Waals surface area contributed by atoms with Gasteiger partial charge in [0, 0.05) is 0 Å². The zero-order chi connectivity index (χ0) is 4.28. The van der Waals surface area contributed by atoms with E-state index < -0.39 is 5.63 Å². The van der Waals surface area contributed by atoms with Gasteiger partial charge in [-0.1, -0.05) is 0 Å². The van der Waals surface area contributed by atoms with E-state index in [9.17, 15) is 4.39 Å². The van der Waals surface area contributed by atoms with Crippen LogP contribution in [0.1, 0.15) is 0 Å². The van der Waals surface area contributed by atoms with Crippen LogP contribution in [0.3, 0.4) is 0 Å². The van der Waals surface area contributed by atoms with Crippen LogP contribution in [0.4, 0.5) is 4.39 Å². The largest absolute Gasteiger partial charge is 1.00 e. The first-order chi connectivity index (χ1) is 2.27. The third-order valence-electron chi connectivity index (χ3n) is 0.0891. The van der Waals surface area contributed by atoms with E-state index in [1.54, 1.807) is 0 Å². The normalized spacial score (nSPS) is 10.0. The minimum atomic E-state index is -1.95. The molecule has 0 saturated carbocycles. The molecule has 0 amide bonds. The molecule has 0 aliphatic carbocycles. The minimum Gasteiger partial charge on any atom is -0.870 e. The van der Waals surface area contributed by atoms with Crippen molar-refractivity contribution in [2.24, 2.45) is 0 Å². The second-order valence-electron chi connectivity index (χ2n) is 0.419. The fourth-order valence-electron chi connectivity index (χ4n) is 0. The molecule has 7 heavy (non-hydrogen) atoms. The molecular weight excluding hydrogens is 133 g/mol. The molecule has 38 valence electrons. The van der Waals surface area contributed by atoms with Crippen molar-refractivity contribution >= 4 is 17.9 Å². The summed E-state index contributed by atoms with van der Waals surface area (Å²) in [5.41, 5.74) is -1.95. The summed E-state index contributed by atoms with van der Waals surface area (Å²) >= 11 is 4.37. The van der Waals surface area contributed by atoms with Gasteiger partial charge in [-0.3, -0.25) is 4.39 Å². The van der Waals surface area contributed by atoms with Crippen LogP contribution in [-0.4, -0.2) is 17.4 Å². The Bertz CT molecular complexity index is 42.7. The standard InChI is InChI=1S/C2HClFO.Na.H2O/c3-2(4)1-5;;/h2H;;1H2/q-1;+1;/p-1. The Hall–Kier alpha value is 0.850. The molecule has 0 saturated heterocycles. The molecule has 1 unspecified atom stereocenters. The molecule has 0 aromatic heterocycles. The number of rotatable bonds is 1. The number of carbonyl (C=O) groups excluding carboxylic acids is 1. The fraction of sp³-hybridized carbons (Fsp3) is 0.500. The first kappa shape index (κ1) is 15.7. The molecule has 0 aliphatic rings. The molecular formula is C2H2ClFNaO2-. The van der Waals surface area contributed by atoms with E-state index in [4.69, 9.17) is 4.79 Å². The molecule has 0 spiro atoms. The number of hydrogen-bond donors (Lipinski definition) is 0. The second-order valence-corrected chi connectivity index (χ2v) is 0.802. The van der Waals surface area contributed by atoms with Crippen molar-refractivity contribution in [1.82, 2.24) is 0 Å². The van der Waals surface area contributed by atoms with E-state index in [2.05, 4.69) is 11.6 Å². The van der Waals surface area contributed by atoms with E-state index >= 15 is 0 Å². The summed E-state index contributed by atoms with van der Waals surface area (Å²) in [5, 5.41) is 0. The molecule has 0 aromatic carbocycles. The van der Waals surface area contributed by atoms with Gasteiger partial charge in [0.15, 0.2) is 0 Å². The Morgan fingerprint density at radius 1 is 1.71 bits per heavy atom. The summed E-state index contributed by atoms with van der Waals surface area (Å²) in [7, 11) is 0. The minimum absolute atomic E-state index is 0. The Morgan fingerprint density at radius 3 is 1.86 bits per heavy atom. The molecule has 0 fully saturated rings. The van der Waals surface area contributed by atoms with Crippen LogP contribution in [0, 0.1) is 0 Å². The van der Waals surface area contributed by atoms with Crippen LogP contribution in [0.25, 0.3) is 0 Å². The topological polar surface area (TPSA) is 47.1 Å². The van der Waals surface area contributed by atoms with Crippen LogP contribution in [0.15, 0.2) is 0 Å². The molecule has 0 radical (unpaired) electrons. The predicted molar refractivity (Wildman–Crippen MR) is 18.4 cm³/mol. The van der Waals surface area contributed by atoms with Crippen molar-refractivity contribution in [2.45, 2.75) is 5.63 Å². The predicted octanol–water partition coefficient (Wildman–Crippen LogP) is -2.54. The summed E-state index contributed by atoms with van der Waals surface area (Å²) in [6.45, 7) is 0. The quantitative estimate of drug-likeness (QED) is 0.226. The SMILES string of the molecule is O=[C-]C(F)Cl.[Na+].[OH-]. The molecule has 1 N–H and O–H groups in total. The maximum absolute atomic E-state index is 10.8. The van der Waals surface area contributed by atoms with Gasteiger partial charge in [0.05, 0.1) is 5.63 Å². The monoisotopic (exact) mass is 135 g/mol. The molecule has 0 aliphatic heterocycles. The molecule has 0 rings (SSSR count). The first-order valence-corrected chi connectivity index (χ1v) is 1.37. The van der Waals surface area contributed by atoms with E-state index in [1.807, 2.05) is 0 Å². The zero-order valence-corrected chi connectivity index (χ0v) is 6.44. The van der Waals surface area contributed by atoms with Gasteiger partial charge in [0.2, 0.25) is 0 Å². The number of halogens is 2. The third-order valence-corrected chi connectivity index (χ3v) is 0.178. The van der Waals surface area contributed by atoms with Gasteiger partial charge >= 0.3 is 29.6 Å². The van der Waals surface area contributed by atoms with Crippen LogP contribution in [0.5, 0.6) is 0 Å². The Morgan fingerprint density at radius 2 is 1.86 bits per heavy atom. The van der Waals surface area contributed by atoms with Crippen molar-refractivity contribution < 1.29 is 44.2 Å².